The van der Waals surface area contributed by atoms with E-state index in [9.17, 15) is 4.79 Å². The Kier molecular flexibility index (Phi) is 11.8. The van der Waals surface area contributed by atoms with Crippen molar-refractivity contribution in [1.29, 1.82) is 0 Å². The van der Waals surface area contributed by atoms with Crippen LogP contribution in [0.25, 0.3) is 0 Å². The normalized spacial score (nSPS) is 11.1. The second-order valence-electron chi connectivity index (χ2n) is 4.92. The fraction of sp³-hybridized carbons (Fsp3) is 0.929. The number of unbranched alkanes of at least 4 members (excludes halogenated alkanes) is 2. The highest BCUT2D eigenvalue weighted by Gasteiger charge is 1.95. The highest BCUT2D eigenvalue weighted by Crippen LogP contribution is 2.01. The smallest absolute Gasteiger partial charge is 0.132 e. The molecule has 0 rings (SSSR count). The average Bonchev–Trinajstić information content (AvgIpc) is 2.25. The largest absolute Gasteiger partial charge is 0.381 e. The van der Waals surface area contributed by atoms with Crippen LogP contribution in [0.3, 0.4) is 0 Å². The number of carbonyl (C=O) groups is 1. The maximum Gasteiger partial charge on any atom is 0.132 e. The summed E-state index contributed by atoms with van der Waals surface area (Å²) < 4.78 is 10.9. The number of hydrogen-bond acceptors (Lipinski definition) is 3. The molecule has 0 spiro atoms. The summed E-state index contributed by atoms with van der Waals surface area (Å²) in [6.45, 7) is 9.09. The molecule has 3 nitrogen and oxygen atoms in total. The third-order valence-corrected chi connectivity index (χ3v) is 2.52. The van der Waals surface area contributed by atoms with Gasteiger partial charge in [-0.3, -0.25) is 4.79 Å². The number of ketones is 1. The summed E-state index contributed by atoms with van der Waals surface area (Å²) in [5.74, 6) is 0.924. The van der Waals surface area contributed by atoms with E-state index in [0.29, 0.717) is 13.0 Å². The van der Waals surface area contributed by atoms with Crippen molar-refractivity contribution in [2.45, 2.75) is 52.9 Å². The van der Waals surface area contributed by atoms with E-state index in [-0.39, 0.29) is 5.78 Å². The fourth-order valence-corrected chi connectivity index (χ4v) is 1.32. The van der Waals surface area contributed by atoms with Crippen LogP contribution in [-0.2, 0) is 14.3 Å². The van der Waals surface area contributed by atoms with Crippen LogP contribution in [0, 0.1) is 5.92 Å². The van der Waals surface area contributed by atoms with Gasteiger partial charge in [0.25, 0.3) is 0 Å². The first-order valence-corrected chi connectivity index (χ1v) is 6.78. The molecule has 0 atom stereocenters. The van der Waals surface area contributed by atoms with Crippen molar-refractivity contribution in [2.75, 3.05) is 26.4 Å². The van der Waals surface area contributed by atoms with Gasteiger partial charge in [-0.1, -0.05) is 13.8 Å². The van der Waals surface area contributed by atoms with Crippen LogP contribution >= 0.6 is 0 Å². The molecule has 0 heterocycles. The molecule has 0 aliphatic rings. The lowest BCUT2D eigenvalue weighted by molar-refractivity contribution is -0.118. The molecule has 0 radical (unpaired) electrons. The van der Waals surface area contributed by atoms with Gasteiger partial charge < -0.3 is 9.47 Å². The van der Waals surface area contributed by atoms with E-state index in [1.165, 1.54) is 0 Å². The van der Waals surface area contributed by atoms with Crippen molar-refractivity contribution in [2.24, 2.45) is 5.92 Å². The summed E-state index contributed by atoms with van der Waals surface area (Å²) in [5, 5.41) is 0. The summed E-state index contributed by atoms with van der Waals surface area (Å²) >= 11 is 0. The Morgan fingerprint density at radius 1 is 0.941 bits per heavy atom. The fourth-order valence-electron chi connectivity index (χ4n) is 1.32. The van der Waals surface area contributed by atoms with Crippen LogP contribution in [0.5, 0.6) is 0 Å². The Balaban J connectivity index is 2.96. The molecule has 0 fully saturated rings. The van der Waals surface area contributed by atoms with E-state index in [0.717, 1.165) is 51.4 Å². The zero-order valence-electron chi connectivity index (χ0n) is 11.7. The van der Waals surface area contributed by atoms with Gasteiger partial charge in [0.05, 0.1) is 6.61 Å². The molecule has 0 aromatic heterocycles. The SMILES string of the molecule is CC(=O)CCOCCCCCOCCC(C)C. The number of rotatable bonds is 12. The van der Waals surface area contributed by atoms with Gasteiger partial charge >= 0.3 is 0 Å². The number of carbonyl (C=O) groups excluding carboxylic acids is 1. The Morgan fingerprint density at radius 2 is 1.53 bits per heavy atom. The summed E-state index contributed by atoms with van der Waals surface area (Å²) in [6, 6.07) is 0. The maximum atomic E-state index is 10.6. The molecule has 0 bridgehead atoms. The van der Waals surface area contributed by atoms with E-state index < -0.39 is 0 Å². The molecule has 0 aromatic rings. The zero-order valence-corrected chi connectivity index (χ0v) is 11.7. The van der Waals surface area contributed by atoms with Gasteiger partial charge in [0.2, 0.25) is 0 Å². The van der Waals surface area contributed by atoms with Gasteiger partial charge in [0, 0.05) is 26.2 Å². The van der Waals surface area contributed by atoms with Crippen molar-refractivity contribution in [1.82, 2.24) is 0 Å². The molecule has 102 valence electrons. The molecule has 3 heteroatoms. The molecular formula is C14H28O3. The van der Waals surface area contributed by atoms with Gasteiger partial charge in [-0.2, -0.15) is 0 Å². The third-order valence-electron chi connectivity index (χ3n) is 2.52. The summed E-state index contributed by atoms with van der Waals surface area (Å²) in [5.41, 5.74) is 0. The quantitative estimate of drug-likeness (QED) is 0.494. The molecule has 17 heavy (non-hydrogen) atoms. The van der Waals surface area contributed by atoms with Crippen molar-refractivity contribution >= 4 is 5.78 Å². The highest BCUT2D eigenvalue weighted by atomic mass is 16.5. The lowest BCUT2D eigenvalue weighted by Crippen LogP contribution is -2.03. The molecule has 0 amide bonds. The van der Waals surface area contributed by atoms with Crippen LogP contribution in [-0.4, -0.2) is 32.2 Å². The van der Waals surface area contributed by atoms with E-state index in [2.05, 4.69) is 13.8 Å². The third kappa shape index (κ3) is 15.6. The van der Waals surface area contributed by atoms with Crippen molar-refractivity contribution in [3.8, 4) is 0 Å². The first-order chi connectivity index (χ1) is 8.13. The Labute approximate surface area is 106 Å². The van der Waals surface area contributed by atoms with Crippen LogP contribution in [0.2, 0.25) is 0 Å². The number of Topliss-reactive ketones (excluding diaryl/α,β-unsaturated/α-hetero) is 1. The van der Waals surface area contributed by atoms with Gasteiger partial charge in [-0.05, 0) is 38.5 Å². The van der Waals surface area contributed by atoms with Crippen LogP contribution in [0.1, 0.15) is 52.9 Å². The Morgan fingerprint density at radius 3 is 2.06 bits per heavy atom. The lowest BCUT2D eigenvalue weighted by Gasteiger charge is -2.06. The minimum Gasteiger partial charge on any atom is -0.381 e. The standard InChI is InChI=1S/C14H28O3/c1-13(2)7-11-16-9-5-4-6-10-17-12-8-14(3)15/h13H,4-12H2,1-3H3. The Bertz CT molecular complexity index is 178. The lowest BCUT2D eigenvalue weighted by atomic mass is 10.1. The van der Waals surface area contributed by atoms with Gasteiger partial charge in [-0.15, -0.1) is 0 Å². The van der Waals surface area contributed by atoms with E-state index in [4.69, 9.17) is 9.47 Å². The predicted octanol–water partition coefficient (Wildman–Crippen LogP) is 3.22. The van der Waals surface area contributed by atoms with E-state index in [1.807, 2.05) is 0 Å². The molecule has 0 saturated carbocycles. The predicted molar refractivity (Wildman–Crippen MR) is 70.2 cm³/mol. The number of hydrogen-bond donors (Lipinski definition) is 0. The summed E-state index contributed by atoms with van der Waals surface area (Å²) in [4.78, 5) is 10.6. The van der Waals surface area contributed by atoms with Crippen LogP contribution < -0.4 is 0 Å². The van der Waals surface area contributed by atoms with Crippen molar-refractivity contribution in [3.05, 3.63) is 0 Å². The monoisotopic (exact) mass is 244 g/mol. The zero-order chi connectivity index (χ0) is 12.9. The first-order valence-electron chi connectivity index (χ1n) is 6.78. The molecule has 0 aliphatic heterocycles. The second kappa shape index (κ2) is 12.1. The van der Waals surface area contributed by atoms with E-state index in [1.54, 1.807) is 6.92 Å². The minimum atomic E-state index is 0.198. The molecular weight excluding hydrogens is 216 g/mol. The van der Waals surface area contributed by atoms with Crippen molar-refractivity contribution < 1.29 is 14.3 Å². The van der Waals surface area contributed by atoms with Crippen LogP contribution in [0.15, 0.2) is 0 Å². The molecule has 0 aliphatic carbocycles. The van der Waals surface area contributed by atoms with Gasteiger partial charge in [-0.25, -0.2) is 0 Å². The molecule has 0 aromatic carbocycles. The topological polar surface area (TPSA) is 35.5 Å². The molecule has 0 saturated heterocycles. The van der Waals surface area contributed by atoms with Crippen LogP contribution in [0.4, 0.5) is 0 Å². The first kappa shape index (κ1) is 16.6. The van der Waals surface area contributed by atoms with Crippen molar-refractivity contribution in [3.63, 3.8) is 0 Å². The highest BCUT2D eigenvalue weighted by molar-refractivity contribution is 5.75. The summed E-state index contributed by atoms with van der Waals surface area (Å²) in [6.07, 6.45) is 4.99. The van der Waals surface area contributed by atoms with Gasteiger partial charge in [0.1, 0.15) is 5.78 Å². The molecule has 0 unspecified atom stereocenters. The minimum absolute atomic E-state index is 0.198. The Hall–Kier alpha value is -0.410. The second-order valence-corrected chi connectivity index (χ2v) is 4.92. The number of ether oxygens (including phenoxy) is 2. The maximum absolute atomic E-state index is 10.6. The molecule has 0 N–H and O–H groups in total. The average molecular weight is 244 g/mol. The summed E-state index contributed by atoms with van der Waals surface area (Å²) in [7, 11) is 0. The van der Waals surface area contributed by atoms with Gasteiger partial charge in [0.15, 0.2) is 0 Å². The van der Waals surface area contributed by atoms with E-state index >= 15 is 0 Å².